The van der Waals surface area contributed by atoms with Gasteiger partial charge < -0.3 is 39.7 Å². The maximum Gasteiger partial charge on any atom is 0.323 e. The number of urea groups is 2. The molecule has 0 aliphatic carbocycles. The lowest BCUT2D eigenvalue weighted by molar-refractivity contribution is 0.0174. The minimum Gasteiger partial charge on any atom is -0.491 e. The SMILES string of the molecule is CO[C@H]1CN(C)C(=O)c2ccc(NC(=O)Nc3cccc(Cl)c3)cc2OC[C@@H](C)N(C(=O)Nc2c(C)noc2C)C[C@H]1C. The topological polar surface area (TPSA) is 138 Å². The van der Waals surface area contributed by atoms with Crippen LogP contribution in [0.25, 0.3) is 0 Å². The molecular formula is C30H37ClN6O6. The molecule has 2 heterocycles. The zero-order chi connectivity index (χ0) is 31.3. The second-order valence-corrected chi connectivity index (χ2v) is 11.1. The van der Waals surface area contributed by atoms with Crippen LogP contribution in [-0.4, -0.2) is 78.9 Å². The Kier molecular flexibility index (Phi) is 10.1. The second-order valence-electron chi connectivity index (χ2n) is 10.7. The van der Waals surface area contributed by atoms with Crippen molar-refractivity contribution >= 4 is 46.6 Å². The van der Waals surface area contributed by atoms with Gasteiger partial charge in [-0.15, -0.1) is 0 Å². The maximum atomic E-state index is 13.6. The van der Waals surface area contributed by atoms with Crippen LogP contribution in [-0.2, 0) is 4.74 Å². The Morgan fingerprint density at radius 1 is 1.05 bits per heavy atom. The number of aromatic nitrogens is 1. The van der Waals surface area contributed by atoms with E-state index in [1.165, 1.54) is 0 Å². The third-order valence-electron chi connectivity index (χ3n) is 7.31. The number of aryl methyl sites for hydroxylation is 2. The molecule has 0 unspecified atom stereocenters. The van der Waals surface area contributed by atoms with E-state index in [0.717, 1.165) is 0 Å². The predicted molar refractivity (Wildman–Crippen MR) is 164 cm³/mol. The van der Waals surface area contributed by atoms with Crippen LogP contribution in [0.5, 0.6) is 5.75 Å². The number of carbonyl (C=O) groups excluding carboxylic acids is 3. The Morgan fingerprint density at radius 2 is 1.77 bits per heavy atom. The van der Waals surface area contributed by atoms with Gasteiger partial charge in [0.15, 0.2) is 5.76 Å². The van der Waals surface area contributed by atoms with Gasteiger partial charge in [0.2, 0.25) is 0 Å². The Bertz CT molecular complexity index is 1460. The lowest BCUT2D eigenvalue weighted by Gasteiger charge is -2.36. The van der Waals surface area contributed by atoms with E-state index in [0.29, 0.717) is 45.6 Å². The zero-order valence-electron chi connectivity index (χ0n) is 25.1. The van der Waals surface area contributed by atoms with E-state index in [-0.39, 0.29) is 42.9 Å². The number of likely N-dealkylation sites (N-methyl/N-ethyl adjacent to an activating group) is 1. The molecule has 4 rings (SSSR count). The molecule has 43 heavy (non-hydrogen) atoms. The van der Waals surface area contributed by atoms with Crippen LogP contribution in [0.3, 0.4) is 0 Å². The smallest absolute Gasteiger partial charge is 0.323 e. The van der Waals surface area contributed by atoms with E-state index in [2.05, 4.69) is 21.1 Å². The van der Waals surface area contributed by atoms with Gasteiger partial charge in [0.05, 0.1) is 17.7 Å². The highest BCUT2D eigenvalue weighted by Crippen LogP contribution is 2.28. The summed E-state index contributed by atoms with van der Waals surface area (Å²) in [6, 6.07) is 10.3. The summed E-state index contributed by atoms with van der Waals surface area (Å²) in [5.74, 6) is 0.375. The summed E-state index contributed by atoms with van der Waals surface area (Å²) in [7, 11) is 3.28. The number of fused-ring (bicyclic) bond motifs is 1. The van der Waals surface area contributed by atoms with Crippen LogP contribution >= 0.6 is 11.6 Å². The summed E-state index contributed by atoms with van der Waals surface area (Å²) in [5.41, 5.74) is 2.33. The van der Waals surface area contributed by atoms with Gasteiger partial charge in [-0.1, -0.05) is 29.7 Å². The van der Waals surface area contributed by atoms with Crippen LogP contribution in [0.4, 0.5) is 26.7 Å². The van der Waals surface area contributed by atoms with Gasteiger partial charge in [0, 0.05) is 55.6 Å². The van der Waals surface area contributed by atoms with Crippen LogP contribution in [0.15, 0.2) is 47.0 Å². The van der Waals surface area contributed by atoms with Gasteiger partial charge in [0.1, 0.15) is 23.7 Å². The number of halogens is 1. The molecule has 3 aromatic rings. The maximum absolute atomic E-state index is 13.6. The van der Waals surface area contributed by atoms with Crippen molar-refractivity contribution in [1.29, 1.82) is 0 Å². The van der Waals surface area contributed by atoms with Crippen molar-refractivity contribution in [2.24, 2.45) is 5.92 Å². The molecule has 1 aliphatic heterocycles. The Hall–Kier alpha value is -4.29. The number of amides is 5. The zero-order valence-corrected chi connectivity index (χ0v) is 25.8. The second kappa shape index (κ2) is 13.8. The third-order valence-corrected chi connectivity index (χ3v) is 7.55. The van der Waals surface area contributed by atoms with Crippen molar-refractivity contribution in [2.45, 2.75) is 39.8 Å². The molecule has 0 spiro atoms. The van der Waals surface area contributed by atoms with E-state index in [1.54, 1.807) is 80.3 Å². The Morgan fingerprint density at radius 3 is 2.42 bits per heavy atom. The highest BCUT2D eigenvalue weighted by Gasteiger charge is 2.31. The number of hydrogen-bond donors (Lipinski definition) is 3. The van der Waals surface area contributed by atoms with Crippen LogP contribution in [0.1, 0.15) is 35.7 Å². The van der Waals surface area contributed by atoms with Crippen LogP contribution < -0.4 is 20.7 Å². The van der Waals surface area contributed by atoms with Crippen molar-refractivity contribution in [3.05, 3.63) is 64.5 Å². The highest BCUT2D eigenvalue weighted by molar-refractivity contribution is 6.30. The standard InChI is InChI=1S/C30H37ClN6O6/c1-17-14-37(30(40)34-27-19(3)35-43-20(27)4)18(2)16-42-25-13-23(33-29(39)32-22-9-7-8-21(31)12-22)10-11-24(25)28(38)36(5)15-26(17)41-6/h7-13,17-18,26H,14-16H2,1-6H3,(H,34,40)(H2,32,33,39)/t17-,18-,26+/m1/s1. The molecular weight excluding hydrogens is 576 g/mol. The van der Waals surface area contributed by atoms with E-state index >= 15 is 0 Å². The molecule has 0 fully saturated rings. The number of anilines is 3. The largest absolute Gasteiger partial charge is 0.491 e. The van der Waals surface area contributed by atoms with Gasteiger partial charge in [-0.2, -0.15) is 0 Å². The summed E-state index contributed by atoms with van der Waals surface area (Å²) in [5, 5.41) is 12.8. The summed E-state index contributed by atoms with van der Waals surface area (Å²) < 4.78 is 17.2. The number of carbonyl (C=O) groups is 3. The first-order valence-corrected chi connectivity index (χ1v) is 14.2. The molecule has 1 aromatic heterocycles. The van der Waals surface area contributed by atoms with Gasteiger partial charge in [0.25, 0.3) is 5.91 Å². The van der Waals surface area contributed by atoms with E-state index in [9.17, 15) is 14.4 Å². The van der Waals surface area contributed by atoms with Crippen molar-refractivity contribution in [3.63, 3.8) is 0 Å². The van der Waals surface area contributed by atoms with Gasteiger partial charge in [-0.05, 0) is 51.1 Å². The number of ether oxygens (including phenoxy) is 2. The molecule has 0 radical (unpaired) electrons. The average Bonchev–Trinajstić information content (AvgIpc) is 3.28. The summed E-state index contributed by atoms with van der Waals surface area (Å²) in [6.45, 7) is 8.01. The highest BCUT2D eigenvalue weighted by atomic mass is 35.5. The van der Waals surface area contributed by atoms with Crippen molar-refractivity contribution in [2.75, 3.05) is 49.8 Å². The van der Waals surface area contributed by atoms with Crippen LogP contribution in [0, 0.1) is 19.8 Å². The van der Waals surface area contributed by atoms with Gasteiger partial charge in [-0.3, -0.25) is 4.79 Å². The third kappa shape index (κ3) is 7.76. The number of methoxy groups -OCH3 is 1. The first kappa shape index (κ1) is 31.6. The summed E-state index contributed by atoms with van der Waals surface area (Å²) in [4.78, 5) is 43.0. The fourth-order valence-electron chi connectivity index (χ4n) is 4.83. The lowest BCUT2D eigenvalue weighted by atomic mass is 10.0. The molecule has 3 N–H and O–H groups in total. The molecule has 2 aromatic carbocycles. The molecule has 0 bridgehead atoms. The minimum absolute atomic E-state index is 0.0710. The monoisotopic (exact) mass is 612 g/mol. The number of hydrogen-bond acceptors (Lipinski definition) is 7. The Labute approximate surface area is 255 Å². The first-order chi connectivity index (χ1) is 20.5. The van der Waals surface area contributed by atoms with E-state index < -0.39 is 12.1 Å². The van der Waals surface area contributed by atoms with Crippen molar-refractivity contribution in [1.82, 2.24) is 15.0 Å². The number of benzene rings is 2. The van der Waals surface area contributed by atoms with Gasteiger partial charge in [-0.25, -0.2) is 9.59 Å². The fourth-order valence-corrected chi connectivity index (χ4v) is 5.02. The molecule has 12 nitrogen and oxygen atoms in total. The molecule has 0 saturated carbocycles. The quantitative estimate of drug-likeness (QED) is 0.347. The molecule has 230 valence electrons. The molecule has 5 amide bonds. The average molecular weight is 613 g/mol. The number of nitrogens with one attached hydrogen (secondary N) is 3. The number of rotatable bonds is 4. The summed E-state index contributed by atoms with van der Waals surface area (Å²) >= 11 is 6.02. The number of nitrogens with zero attached hydrogens (tertiary/aromatic N) is 3. The summed E-state index contributed by atoms with van der Waals surface area (Å²) in [6.07, 6.45) is -0.351. The van der Waals surface area contributed by atoms with E-state index in [4.69, 9.17) is 25.6 Å². The molecule has 1 aliphatic rings. The van der Waals surface area contributed by atoms with Gasteiger partial charge >= 0.3 is 12.1 Å². The Balaban J connectivity index is 1.60. The van der Waals surface area contributed by atoms with E-state index in [1.807, 2.05) is 13.8 Å². The first-order valence-electron chi connectivity index (χ1n) is 13.9. The molecule has 0 saturated heterocycles. The minimum atomic E-state index is -0.494. The van der Waals surface area contributed by atoms with Crippen molar-refractivity contribution < 1.29 is 28.4 Å². The van der Waals surface area contributed by atoms with Crippen LogP contribution in [0.2, 0.25) is 5.02 Å². The normalized spacial score (nSPS) is 19.4. The molecule has 3 atom stereocenters. The predicted octanol–water partition coefficient (Wildman–Crippen LogP) is 5.63. The lowest BCUT2D eigenvalue weighted by Crippen LogP contribution is -2.50. The fraction of sp³-hybridized carbons (Fsp3) is 0.400. The van der Waals surface area contributed by atoms with Crippen molar-refractivity contribution in [3.8, 4) is 5.75 Å². The molecule has 13 heteroatoms.